The largest absolute Gasteiger partial charge is 0.315 e. The van der Waals surface area contributed by atoms with E-state index in [4.69, 9.17) is 0 Å². The lowest BCUT2D eigenvalue weighted by molar-refractivity contribution is 0.487. The molecule has 1 heteroatoms. The van der Waals surface area contributed by atoms with E-state index in [2.05, 4.69) is 26.1 Å². The molecule has 86 valence electrons. The quantitative estimate of drug-likeness (QED) is 0.522. The Kier molecular flexibility index (Phi) is 11.0. The SMILES string of the molecule is CCCCCCCCCC(C)NCC. The van der Waals surface area contributed by atoms with Crippen LogP contribution < -0.4 is 5.32 Å². The first-order valence-electron chi connectivity index (χ1n) is 6.54. The lowest BCUT2D eigenvalue weighted by atomic mass is 10.1. The third-order valence-electron chi connectivity index (χ3n) is 2.79. The lowest BCUT2D eigenvalue weighted by Crippen LogP contribution is -2.25. The molecule has 0 aliphatic heterocycles. The molecule has 1 unspecified atom stereocenters. The van der Waals surface area contributed by atoms with E-state index < -0.39 is 0 Å². The van der Waals surface area contributed by atoms with Crippen molar-refractivity contribution < 1.29 is 0 Å². The molecule has 0 aromatic carbocycles. The molecular weight excluding hydrogens is 170 g/mol. The van der Waals surface area contributed by atoms with E-state index in [1.165, 1.54) is 51.4 Å². The predicted molar refractivity (Wildman–Crippen MR) is 65.7 cm³/mol. The second-order valence-corrected chi connectivity index (χ2v) is 4.37. The van der Waals surface area contributed by atoms with Crippen LogP contribution in [0.25, 0.3) is 0 Å². The van der Waals surface area contributed by atoms with Crippen LogP contribution in [0.1, 0.15) is 72.1 Å². The minimum absolute atomic E-state index is 0.718. The number of hydrogen-bond acceptors (Lipinski definition) is 1. The van der Waals surface area contributed by atoms with Crippen molar-refractivity contribution in [2.75, 3.05) is 6.54 Å². The number of hydrogen-bond donors (Lipinski definition) is 1. The summed E-state index contributed by atoms with van der Waals surface area (Å²) in [6.07, 6.45) is 11.3. The fraction of sp³-hybridized carbons (Fsp3) is 1.00. The molecule has 0 heterocycles. The molecule has 0 saturated carbocycles. The van der Waals surface area contributed by atoms with Gasteiger partial charge >= 0.3 is 0 Å². The molecule has 0 spiro atoms. The molecule has 0 rings (SSSR count). The highest BCUT2D eigenvalue weighted by Crippen LogP contribution is 2.09. The normalized spacial score (nSPS) is 13.1. The molecular formula is C13H29N. The molecule has 0 saturated heterocycles. The Morgan fingerprint density at radius 2 is 1.43 bits per heavy atom. The molecule has 0 aromatic rings. The van der Waals surface area contributed by atoms with Crippen molar-refractivity contribution in [2.24, 2.45) is 0 Å². The Bertz CT molecular complexity index is 101. The highest BCUT2D eigenvalue weighted by molar-refractivity contribution is 4.58. The molecule has 0 aliphatic rings. The summed E-state index contributed by atoms with van der Waals surface area (Å²) in [5, 5.41) is 3.46. The van der Waals surface area contributed by atoms with E-state index in [-0.39, 0.29) is 0 Å². The van der Waals surface area contributed by atoms with Crippen LogP contribution in [0.5, 0.6) is 0 Å². The van der Waals surface area contributed by atoms with Crippen molar-refractivity contribution in [1.82, 2.24) is 5.32 Å². The van der Waals surface area contributed by atoms with Crippen LogP contribution >= 0.6 is 0 Å². The summed E-state index contributed by atoms with van der Waals surface area (Å²) in [6.45, 7) is 7.86. The Morgan fingerprint density at radius 1 is 0.857 bits per heavy atom. The van der Waals surface area contributed by atoms with Crippen molar-refractivity contribution in [3.05, 3.63) is 0 Å². The maximum atomic E-state index is 3.46. The summed E-state index contributed by atoms with van der Waals surface area (Å²) < 4.78 is 0. The van der Waals surface area contributed by atoms with Crippen molar-refractivity contribution in [1.29, 1.82) is 0 Å². The third kappa shape index (κ3) is 10.0. The second-order valence-electron chi connectivity index (χ2n) is 4.37. The number of unbranched alkanes of at least 4 members (excludes halogenated alkanes) is 6. The van der Waals surface area contributed by atoms with Gasteiger partial charge in [0.25, 0.3) is 0 Å². The minimum atomic E-state index is 0.718. The standard InChI is InChI=1S/C13H29N/c1-4-6-7-8-9-10-11-12-13(3)14-5-2/h13-14H,4-12H2,1-3H3. The molecule has 0 radical (unpaired) electrons. The van der Waals surface area contributed by atoms with Gasteiger partial charge in [0, 0.05) is 6.04 Å². The first-order chi connectivity index (χ1) is 6.81. The summed E-state index contributed by atoms with van der Waals surface area (Å²) >= 11 is 0. The van der Waals surface area contributed by atoms with Gasteiger partial charge < -0.3 is 5.32 Å². The highest BCUT2D eigenvalue weighted by Gasteiger charge is 1.98. The molecule has 1 atom stereocenters. The van der Waals surface area contributed by atoms with Gasteiger partial charge in [-0.05, 0) is 19.9 Å². The molecule has 1 N–H and O–H groups in total. The van der Waals surface area contributed by atoms with E-state index >= 15 is 0 Å². The van der Waals surface area contributed by atoms with E-state index in [0.29, 0.717) is 0 Å². The monoisotopic (exact) mass is 199 g/mol. The van der Waals surface area contributed by atoms with E-state index in [1.54, 1.807) is 0 Å². The van der Waals surface area contributed by atoms with Crippen molar-refractivity contribution in [2.45, 2.75) is 78.2 Å². The second kappa shape index (κ2) is 11.0. The van der Waals surface area contributed by atoms with E-state index in [9.17, 15) is 0 Å². The average molecular weight is 199 g/mol. The van der Waals surface area contributed by atoms with Crippen LogP contribution in [0.4, 0.5) is 0 Å². The zero-order valence-electron chi connectivity index (χ0n) is 10.4. The first-order valence-corrected chi connectivity index (χ1v) is 6.54. The molecule has 0 bridgehead atoms. The zero-order chi connectivity index (χ0) is 10.6. The Labute approximate surface area is 90.7 Å². The van der Waals surface area contributed by atoms with Crippen LogP contribution in [0.3, 0.4) is 0 Å². The van der Waals surface area contributed by atoms with Gasteiger partial charge in [0.15, 0.2) is 0 Å². The van der Waals surface area contributed by atoms with Crippen LogP contribution in [-0.2, 0) is 0 Å². The van der Waals surface area contributed by atoms with E-state index in [0.717, 1.165) is 12.6 Å². The van der Waals surface area contributed by atoms with Crippen LogP contribution in [-0.4, -0.2) is 12.6 Å². The molecule has 0 fully saturated rings. The minimum Gasteiger partial charge on any atom is -0.315 e. The summed E-state index contributed by atoms with van der Waals surface area (Å²) in [6, 6.07) is 0.718. The van der Waals surface area contributed by atoms with Gasteiger partial charge in [0.1, 0.15) is 0 Å². The molecule has 14 heavy (non-hydrogen) atoms. The summed E-state index contributed by atoms with van der Waals surface area (Å²) in [5.74, 6) is 0. The van der Waals surface area contributed by atoms with Gasteiger partial charge in [-0.3, -0.25) is 0 Å². The van der Waals surface area contributed by atoms with Gasteiger partial charge in [0.2, 0.25) is 0 Å². The Morgan fingerprint density at radius 3 is 2.00 bits per heavy atom. The molecule has 0 amide bonds. The van der Waals surface area contributed by atoms with Gasteiger partial charge in [-0.15, -0.1) is 0 Å². The van der Waals surface area contributed by atoms with Crippen molar-refractivity contribution in [3.8, 4) is 0 Å². The fourth-order valence-electron chi connectivity index (χ4n) is 1.86. The molecule has 0 aromatic heterocycles. The molecule has 1 nitrogen and oxygen atoms in total. The van der Waals surface area contributed by atoms with Gasteiger partial charge in [-0.2, -0.15) is 0 Å². The maximum Gasteiger partial charge on any atom is 0.00386 e. The molecule has 0 aliphatic carbocycles. The first kappa shape index (κ1) is 14.0. The highest BCUT2D eigenvalue weighted by atomic mass is 14.9. The third-order valence-corrected chi connectivity index (χ3v) is 2.79. The van der Waals surface area contributed by atoms with E-state index in [1.807, 2.05) is 0 Å². The van der Waals surface area contributed by atoms with Crippen molar-refractivity contribution in [3.63, 3.8) is 0 Å². The predicted octanol–water partition coefficient (Wildman–Crippen LogP) is 4.13. The van der Waals surface area contributed by atoms with Gasteiger partial charge in [0.05, 0.1) is 0 Å². The Hall–Kier alpha value is -0.0400. The fourth-order valence-corrected chi connectivity index (χ4v) is 1.86. The zero-order valence-corrected chi connectivity index (χ0v) is 10.4. The topological polar surface area (TPSA) is 12.0 Å². The smallest absolute Gasteiger partial charge is 0.00386 e. The van der Waals surface area contributed by atoms with Gasteiger partial charge in [-0.1, -0.05) is 58.8 Å². The van der Waals surface area contributed by atoms with Crippen molar-refractivity contribution >= 4 is 0 Å². The number of nitrogens with one attached hydrogen (secondary N) is 1. The maximum absolute atomic E-state index is 3.46. The number of rotatable bonds is 10. The van der Waals surface area contributed by atoms with Crippen LogP contribution in [0.2, 0.25) is 0 Å². The summed E-state index contributed by atoms with van der Waals surface area (Å²) in [7, 11) is 0. The summed E-state index contributed by atoms with van der Waals surface area (Å²) in [5.41, 5.74) is 0. The lowest BCUT2D eigenvalue weighted by Gasteiger charge is -2.11. The van der Waals surface area contributed by atoms with Crippen LogP contribution in [0.15, 0.2) is 0 Å². The van der Waals surface area contributed by atoms with Crippen LogP contribution in [0, 0.1) is 0 Å². The summed E-state index contributed by atoms with van der Waals surface area (Å²) in [4.78, 5) is 0. The average Bonchev–Trinajstić information content (AvgIpc) is 2.17. The Balaban J connectivity index is 2.98. The van der Waals surface area contributed by atoms with Gasteiger partial charge in [-0.25, -0.2) is 0 Å².